The molecule has 0 aliphatic carbocycles. The van der Waals surface area contributed by atoms with Crippen LogP contribution in [0, 0.1) is 5.82 Å². The van der Waals surface area contributed by atoms with Crippen LogP contribution in [0.2, 0.25) is 0 Å². The Bertz CT molecular complexity index is 1440. The first-order chi connectivity index (χ1) is 16.4. The second-order valence-electron chi connectivity index (χ2n) is 7.29. The fourth-order valence-electron chi connectivity index (χ4n) is 3.34. The summed E-state index contributed by atoms with van der Waals surface area (Å²) in [5.74, 6) is -5.09. The fraction of sp³-hybridized carbons (Fsp3) is 0.0870. The maximum Gasteiger partial charge on any atom is 0.471 e. The van der Waals surface area contributed by atoms with Crippen LogP contribution in [-0.4, -0.2) is 27.3 Å². The Hall–Kier alpha value is -4.22. The van der Waals surface area contributed by atoms with E-state index in [4.69, 9.17) is 0 Å². The number of anilines is 1. The molecule has 0 spiro atoms. The minimum absolute atomic E-state index is 0.0309. The molecular weight excluding hydrogens is 483 g/mol. The number of imidazole rings is 1. The molecule has 0 aliphatic heterocycles. The standard InChI is InChI=1S/C23H12F7N3O2/c24-16-10-14(22(25,26)27)7-8-15(16)18-20(32-21(35)23(28,29)30)31-17-9-6-13(11-33(17)18)19(34)12-4-2-1-3-5-12/h1-11H,(H,32,35). The molecule has 35 heavy (non-hydrogen) atoms. The van der Waals surface area contributed by atoms with Crippen LogP contribution >= 0.6 is 0 Å². The van der Waals surface area contributed by atoms with Crippen LogP contribution < -0.4 is 5.32 Å². The van der Waals surface area contributed by atoms with E-state index in [9.17, 15) is 40.3 Å². The number of carbonyl (C=O) groups excluding carboxylic acids is 2. The molecule has 4 rings (SSSR count). The summed E-state index contributed by atoms with van der Waals surface area (Å²) in [5.41, 5.74) is -2.17. The molecule has 0 unspecified atom stereocenters. The van der Waals surface area contributed by atoms with Crippen molar-refractivity contribution in [3.8, 4) is 11.3 Å². The van der Waals surface area contributed by atoms with Crippen molar-refractivity contribution in [1.29, 1.82) is 0 Å². The molecule has 0 aliphatic rings. The Balaban J connectivity index is 1.92. The highest BCUT2D eigenvalue weighted by molar-refractivity contribution is 6.09. The zero-order valence-electron chi connectivity index (χ0n) is 17.2. The number of carbonyl (C=O) groups is 2. The van der Waals surface area contributed by atoms with Crippen LogP contribution in [0.1, 0.15) is 21.5 Å². The van der Waals surface area contributed by atoms with E-state index in [1.807, 2.05) is 0 Å². The monoisotopic (exact) mass is 495 g/mol. The van der Waals surface area contributed by atoms with Crippen molar-refractivity contribution in [2.75, 3.05) is 5.32 Å². The summed E-state index contributed by atoms with van der Waals surface area (Å²) in [6.45, 7) is 0. The van der Waals surface area contributed by atoms with Gasteiger partial charge in [0.15, 0.2) is 11.6 Å². The lowest BCUT2D eigenvalue weighted by atomic mass is 10.0. The first-order valence-electron chi connectivity index (χ1n) is 9.73. The van der Waals surface area contributed by atoms with Gasteiger partial charge in [-0.05, 0) is 30.3 Å². The van der Waals surface area contributed by atoms with E-state index in [2.05, 4.69) is 4.98 Å². The Morgan fingerprint density at radius 1 is 0.857 bits per heavy atom. The van der Waals surface area contributed by atoms with Crippen molar-refractivity contribution < 1.29 is 40.3 Å². The van der Waals surface area contributed by atoms with Gasteiger partial charge in [0, 0.05) is 22.9 Å². The van der Waals surface area contributed by atoms with E-state index >= 15 is 0 Å². The lowest BCUT2D eigenvalue weighted by molar-refractivity contribution is -0.167. The summed E-state index contributed by atoms with van der Waals surface area (Å²) < 4.78 is 93.3. The Labute approximate surface area is 191 Å². The molecule has 0 saturated carbocycles. The minimum atomic E-state index is -5.32. The summed E-state index contributed by atoms with van der Waals surface area (Å²) in [6.07, 6.45) is -9.05. The lowest BCUT2D eigenvalue weighted by Gasteiger charge is -2.12. The minimum Gasteiger partial charge on any atom is -0.301 e. The summed E-state index contributed by atoms with van der Waals surface area (Å²) in [7, 11) is 0. The van der Waals surface area contributed by atoms with Gasteiger partial charge in [-0.15, -0.1) is 0 Å². The molecule has 1 N–H and O–H groups in total. The molecule has 0 atom stereocenters. The van der Waals surface area contributed by atoms with Gasteiger partial charge < -0.3 is 5.32 Å². The molecule has 1 amide bonds. The van der Waals surface area contributed by atoms with Gasteiger partial charge in [-0.3, -0.25) is 14.0 Å². The molecule has 2 aromatic carbocycles. The predicted octanol–water partition coefficient (Wildman–Crippen LogP) is 5.89. The summed E-state index contributed by atoms with van der Waals surface area (Å²) >= 11 is 0. The van der Waals surface area contributed by atoms with Crippen molar-refractivity contribution in [3.05, 3.63) is 89.4 Å². The summed E-state index contributed by atoms with van der Waals surface area (Å²) in [6, 6.07) is 11.9. The second kappa shape index (κ2) is 8.53. The van der Waals surface area contributed by atoms with Gasteiger partial charge in [-0.2, -0.15) is 26.3 Å². The van der Waals surface area contributed by atoms with Crippen molar-refractivity contribution in [3.63, 3.8) is 0 Å². The normalized spacial score (nSPS) is 12.1. The molecule has 180 valence electrons. The van der Waals surface area contributed by atoms with E-state index in [0.29, 0.717) is 12.1 Å². The fourth-order valence-corrected chi connectivity index (χ4v) is 3.34. The van der Waals surface area contributed by atoms with Crippen molar-refractivity contribution in [2.45, 2.75) is 12.4 Å². The zero-order valence-corrected chi connectivity index (χ0v) is 17.2. The lowest BCUT2D eigenvalue weighted by Crippen LogP contribution is -2.30. The number of amides is 1. The van der Waals surface area contributed by atoms with E-state index in [1.54, 1.807) is 18.2 Å². The van der Waals surface area contributed by atoms with E-state index < -0.39 is 52.5 Å². The first kappa shape index (κ1) is 23.9. The highest BCUT2D eigenvalue weighted by Crippen LogP contribution is 2.36. The van der Waals surface area contributed by atoms with Gasteiger partial charge in [0.05, 0.1) is 5.56 Å². The Kier molecular flexibility index (Phi) is 5.83. The SMILES string of the molecule is O=C(c1ccccc1)c1ccc2nc(NC(=O)C(F)(F)F)c(-c3ccc(C(F)(F)F)cc3F)n2c1. The van der Waals surface area contributed by atoms with Gasteiger partial charge in [0.25, 0.3) is 0 Å². The van der Waals surface area contributed by atoms with E-state index in [0.717, 1.165) is 10.6 Å². The number of fused-ring (bicyclic) bond motifs is 1. The summed E-state index contributed by atoms with van der Waals surface area (Å²) in [5, 5.41) is 1.52. The molecule has 0 fully saturated rings. The average Bonchev–Trinajstić information content (AvgIpc) is 3.14. The first-order valence-corrected chi connectivity index (χ1v) is 9.73. The van der Waals surface area contributed by atoms with E-state index in [1.165, 1.54) is 29.6 Å². The zero-order chi connectivity index (χ0) is 25.5. The molecule has 0 bridgehead atoms. The van der Waals surface area contributed by atoms with Crippen LogP contribution in [0.15, 0.2) is 66.9 Å². The van der Waals surface area contributed by atoms with Crippen LogP contribution in [0.3, 0.4) is 0 Å². The number of aromatic nitrogens is 2. The number of benzene rings is 2. The maximum absolute atomic E-state index is 14.8. The second-order valence-corrected chi connectivity index (χ2v) is 7.29. The number of alkyl halides is 6. The molecule has 4 aromatic rings. The van der Waals surface area contributed by atoms with E-state index in [-0.39, 0.29) is 22.8 Å². The quantitative estimate of drug-likeness (QED) is 0.284. The smallest absolute Gasteiger partial charge is 0.301 e. The number of nitrogens with zero attached hydrogens (tertiary/aromatic N) is 2. The third-order valence-corrected chi connectivity index (χ3v) is 4.96. The van der Waals surface area contributed by atoms with Crippen molar-refractivity contribution >= 4 is 23.2 Å². The molecule has 12 heteroatoms. The topological polar surface area (TPSA) is 63.5 Å². The molecular formula is C23H12F7N3O2. The molecule has 2 aromatic heterocycles. The van der Waals surface area contributed by atoms with Crippen LogP contribution in [0.5, 0.6) is 0 Å². The van der Waals surface area contributed by atoms with Crippen LogP contribution in [-0.2, 0) is 11.0 Å². The predicted molar refractivity (Wildman–Crippen MR) is 110 cm³/mol. The highest BCUT2D eigenvalue weighted by Gasteiger charge is 2.40. The molecule has 0 radical (unpaired) electrons. The number of ketones is 1. The van der Waals surface area contributed by atoms with Gasteiger partial charge in [0.2, 0.25) is 0 Å². The third kappa shape index (κ3) is 4.72. The molecule has 0 saturated heterocycles. The van der Waals surface area contributed by atoms with Crippen molar-refractivity contribution in [2.24, 2.45) is 0 Å². The highest BCUT2D eigenvalue weighted by atomic mass is 19.4. The molecule has 2 heterocycles. The number of nitrogens with one attached hydrogen (secondary N) is 1. The van der Waals surface area contributed by atoms with Crippen LogP contribution in [0.4, 0.5) is 36.6 Å². The number of hydrogen-bond donors (Lipinski definition) is 1. The van der Waals surface area contributed by atoms with Gasteiger partial charge >= 0.3 is 18.3 Å². The van der Waals surface area contributed by atoms with Gasteiger partial charge in [-0.25, -0.2) is 9.37 Å². The Morgan fingerprint density at radius 3 is 2.14 bits per heavy atom. The number of pyridine rings is 1. The number of rotatable bonds is 4. The number of halogens is 7. The largest absolute Gasteiger partial charge is 0.471 e. The maximum atomic E-state index is 14.8. The third-order valence-electron chi connectivity index (χ3n) is 4.96. The number of hydrogen-bond acceptors (Lipinski definition) is 3. The van der Waals surface area contributed by atoms with Crippen molar-refractivity contribution in [1.82, 2.24) is 9.38 Å². The van der Waals surface area contributed by atoms with Gasteiger partial charge in [-0.1, -0.05) is 30.3 Å². The Morgan fingerprint density at radius 2 is 1.54 bits per heavy atom. The van der Waals surface area contributed by atoms with Gasteiger partial charge in [0.1, 0.15) is 17.2 Å². The summed E-state index contributed by atoms with van der Waals surface area (Å²) in [4.78, 5) is 28.2. The molecule has 5 nitrogen and oxygen atoms in total. The average molecular weight is 495 g/mol. The van der Waals surface area contributed by atoms with Crippen LogP contribution in [0.25, 0.3) is 16.9 Å².